The molecule has 0 saturated heterocycles. The number of benzene rings is 1. The lowest BCUT2D eigenvalue weighted by Crippen LogP contribution is -2.18. The van der Waals surface area contributed by atoms with Crippen LogP contribution in [0.15, 0.2) is 53.7 Å². The van der Waals surface area contributed by atoms with Crippen molar-refractivity contribution in [1.29, 1.82) is 0 Å². The predicted molar refractivity (Wildman–Crippen MR) is 78.0 cm³/mol. The minimum atomic E-state index is -0.511. The van der Waals surface area contributed by atoms with Gasteiger partial charge in [0.1, 0.15) is 0 Å². The Kier molecular flexibility index (Phi) is 3.53. The van der Waals surface area contributed by atoms with Crippen molar-refractivity contribution in [2.24, 2.45) is 5.11 Å². The number of aryl methyl sites for hydroxylation is 1. The van der Waals surface area contributed by atoms with Crippen LogP contribution in [0.5, 0.6) is 0 Å². The number of hydrogen-bond acceptors (Lipinski definition) is 5. The van der Waals surface area contributed by atoms with Crippen LogP contribution in [-0.4, -0.2) is 26.7 Å². The van der Waals surface area contributed by atoms with Gasteiger partial charge in [0.05, 0.1) is 5.10 Å². The van der Waals surface area contributed by atoms with Crippen molar-refractivity contribution in [2.45, 2.75) is 6.92 Å². The number of aromatic nitrogens is 2. The first-order chi connectivity index (χ1) is 10.6. The Balaban J connectivity index is 1.79. The zero-order chi connectivity index (χ0) is 15.5. The summed E-state index contributed by atoms with van der Waals surface area (Å²) in [5.41, 5.74) is 2.04. The summed E-state index contributed by atoms with van der Waals surface area (Å²) in [5, 5.41) is 14.6. The lowest BCUT2D eigenvalue weighted by molar-refractivity contribution is -0.430. The Hall–Kier alpha value is -3.22. The van der Waals surface area contributed by atoms with Crippen LogP contribution >= 0.6 is 0 Å². The number of hydrogen-bond donors (Lipinski definition) is 1. The quantitative estimate of drug-likeness (QED) is 0.877. The fraction of sp³-hybridized carbons (Fsp3) is 0.0667. The zero-order valence-corrected chi connectivity index (χ0v) is 11.7. The van der Waals surface area contributed by atoms with Crippen LogP contribution in [-0.2, 0) is 9.59 Å². The van der Waals surface area contributed by atoms with Gasteiger partial charge < -0.3 is 5.32 Å². The summed E-state index contributed by atoms with van der Waals surface area (Å²) >= 11 is 0. The van der Waals surface area contributed by atoms with Gasteiger partial charge in [-0.2, -0.15) is 0 Å². The number of rotatable bonds is 3. The maximum Gasteiger partial charge on any atom is 0.379 e. The van der Waals surface area contributed by atoms with Crippen LogP contribution in [0.25, 0.3) is 0 Å². The number of azo groups is 2. The second kappa shape index (κ2) is 5.65. The Morgan fingerprint density at radius 2 is 1.73 bits per heavy atom. The molecule has 2 heterocycles. The highest BCUT2D eigenvalue weighted by atomic mass is 16.2. The van der Waals surface area contributed by atoms with E-state index in [4.69, 9.17) is 0 Å². The minimum absolute atomic E-state index is 0.192. The van der Waals surface area contributed by atoms with Crippen LogP contribution in [0.3, 0.4) is 0 Å². The molecule has 0 saturated carbocycles. The van der Waals surface area contributed by atoms with Crippen molar-refractivity contribution in [3.63, 3.8) is 0 Å². The van der Waals surface area contributed by atoms with E-state index < -0.39 is 11.8 Å². The van der Waals surface area contributed by atoms with Crippen LogP contribution in [0.1, 0.15) is 5.56 Å². The van der Waals surface area contributed by atoms with Gasteiger partial charge in [-0.1, -0.05) is 17.7 Å². The van der Waals surface area contributed by atoms with Crippen LogP contribution in [0, 0.1) is 6.92 Å². The van der Waals surface area contributed by atoms with E-state index in [0.717, 1.165) is 28.1 Å². The van der Waals surface area contributed by atoms with Gasteiger partial charge in [-0.05, 0) is 40.0 Å². The van der Waals surface area contributed by atoms with E-state index in [1.54, 1.807) is 12.1 Å². The molecule has 1 aromatic carbocycles. The van der Waals surface area contributed by atoms with Crippen molar-refractivity contribution in [3.8, 4) is 0 Å². The first-order valence-corrected chi connectivity index (χ1v) is 6.57. The van der Waals surface area contributed by atoms with E-state index in [1.165, 1.54) is 0 Å². The normalized spacial score (nSPS) is 14.0. The summed E-state index contributed by atoms with van der Waals surface area (Å²) in [6, 6.07) is 11.0. The third-order valence-electron chi connectivity index (χ3n) is 2.97. The van der Waals surface area contributed by atoms with E-state index in [1.807, 2.05) is 31.2 Å². The summed E-state index contributed by atoms with van der Waals surface area (Å²) < 4.78 is 0.922. The number of anilines is 2. The lowest BCUT2D eigenvalue weighted by Gasteiger charge is -2.03. The van der Waals surface area contributed by atoms with Crippen molar-refractivity contribution < 1.29 is 14.3 Å². The van der Waals surface area contributed by atoms with Gasteiger partial charge in [-0.3, -0.25) is 4.79 Å². The maximum atomic E-state index is 11.7. The number of carbonyl (C=O) groups excluding carboxylic acids is 2. The predicted octanol–water partition coefficient (Wildman–Crippen LogP) is 2.25. The third kappa shape index (κ3) is 2.93. The summed E-state index contributed by atoms with van der Waals surface area (Å²) in [5.74, 6) is -0.229. The fourth-order valence-corrected chi connectivity index (χ4v) is 1.85. The molecule has 2 amide bonds. The van der Waals surface area contributed by atoms with E-state index in [2.05, 4.69) is 20.6 Å². The molecule has 108 valence electrons. The molecule has 1 N–H and O–H groups in total. The largest absolute Gasteiger partial charge is 0.379 e. The summed E-state index contributed by atoms with van der Waals surface area (Å²) in [4.78, 5) is 22.9. The van der Waals surface area contributed by atoms with Crippen LogP contribution < -0.4 is 5.32 Å². The first-order valence-electron chi connectivity index (χ1n) is 6.57. The van der Waals surface area contributed by atoms with Crippen LogP contribution in [0.4, 0.5) is 17.3 Å². The summed E-state index contributed by atoms with van der Waals surface area (Å²) in [6.07, 6.45) is 2.26. The van der Waals surface area contributed by atoms with Gasteiger partial charge in [0, 0.05) is 23.9 Å². The van der Waals surface area contributed by atoms with Gasteiger partial charge >= 0.3 is 17.6 Å². The lowest BCUT2D eigenvalue weighted by atomic mass is 10.2. The fourth-order valence-electron chi connectivity index (χ4n) is 1.85. The molecule has 1 aromatic heterocycles. The standard InChI is InChI=1S/C15H11N5O2/c1-10-2-4-11(5-3-10)16-12-6-7-13(18-17-12)20-15(22)9-8-14(21)19-20/h2-9H,1H3/p+1. The van der Waals surface area contributed by atoms with Gasteiger partial charge in [0.25, 0.3) is 0 Å². The second-order valence-electron chi connectivity index (χ2n) is 4.69. The molecular formula is C15H12N5O2+. The number of carbonyl (C=O) groups is 2. The second-order valence-corrected chi connectivity index (χ2v) is 4.69. The molecule has 1 aliphatic heterocycles. The Labute approximate surface area is 126 Å². The van der Waals surface area contributed by atoms with E-state index >= 15 is 0 Å². The Morgan fingerprint density at radius 1 is 0.955 bits per heavy atom. The molecule has 0 fully saturated rings. The average Bonchev–Trinajstić information content (AvgIpc) is 2.53. The number of nitrogens with one attached hydrogen (secondary N) is 1. The molecule has 0 aliphatic carbocycles. The average molecular weight is 294 g/mol. The van der Waals surface area contributed by atoms with Gasteiger partial charge in [0.2, 0.25) is 0 Å². The minimum Gasteiger partial charge on any atom is -0.337 e. The molecule has 3 rings (SSSR count). The van der Waals surface area contributed by atoms with Gasteiger partial charge in [0.15, 0.2) is 5.82 Å². The molecule has 2 aromatic rings. The molecule has 0 bridgehead atoms. The topological polar surface area (TPSA) is 87.3 Å². The van der Waals surface area contributed by atoms with Gasteiger partial charge in [-0.15, -0.1) is 0 Å². The molecule has 0 atom stereocenters. The molecular weight excluding hydrogens is 282 g/mol. The molecule has 0 unspecified atom stereocenters. The molecule has 7 heteroatoms. The van der Waals surface area contributed by atoms with Crippen molar-refractivity contribution in [1.82, 2.24) is 10.2 Å². The summed E-state index contributed by atoms with van der Waals surface area (Å²) in [7, 11) is 0. The highest BCUT2D eigenvalue weighted by molar-refractivity contribution is 5.96. The highest BCUT2D eigenvalue weighted by Gasteiger charge is 2.24. The smallest absolute Gasteiger partial charge is 0.337 e. The molecule has 1 aliphatic rings. The zero-order valence-electron chi connectivity index (χ0n) is 11.7. The van der Waals surface area contributed by atoms with Crippen molar-refractivity contribution >= 4 is 29.1 Å². The third-order valence-corrected chi connectivity index (χ3v) is 2.97. The SMILES string of the molecule is Cc1ccc(Nc2ccc([N+]3=NC(=O)C=CC3=O)nn2)cc1. The molecule has 0 radical (unpaired) electrons. The first kappa shape index (κ1) is 13.7. The highest BCUT2D eigenvalue weighted by Crippen LogP contribution is 2.17. The number of amides is 2. The maximum absolute atomic E-state index is 11.7. The van der Waals surface area contributed by atoms with Crippen LogP contribution in [0.2, 0.25) is 0 Å². The molecule has 0 spiro atoms. The molecule has 22 heavy (non-hydrogen) atoms. The monoisotopic (exact) mass is 294 g/mol. The van der Waals surface area contributed by atoms with Crippen molar-refractivity contribution in [3.05, 3.63) is 54.1 Å². The summed E-state index contributed by atoms with van der Waals surface area (Å²) in [6.45, 7) is 2.01. The van der Waals surface area contributed by atoms with E-state index in [9.17, 15) is 9.59 Å². The van der Waals surface area contributed by atoms with E-state index in [0.29, 0.717) is 5.82 Å². The number of nitrogens with zero attached hydrogens (tertiary/aromatic N) is 4. The molecule has 7 nitrogen and oxygen atoms in total. The van der Waals surface area contributed by atoms with Gasteiger partial charge in [-0.25, -0.2) is 4.79 Å². The van der Waals surface area contributed by atoms with E-state index in [-0.39, 0.29) is 5.82 Å². The Morgan fingerprint density at radius 3 is 2.41 bits per heavy atom. The Bertz CT molecular complexity index is 792. The van der Waals surface area contributed by atoms with Crippen molar-refractivity contribution in [2.75, 3.05) is 5.32 Å².